The summed E-state index contributed by atoms with van der Waals surface area (Å²) >= 11 is 0. The summed E-state index contributed by atoms with van der Waals surface area (Å²) in [7, 11) is 0. The van der Waals surface area contributed by atoms with Crippen molar-refractivity contribution in [2.45, 2.75) is 65.2 Å². The maximum atomic E-state index is 9.22. The fourth-order valence-electron chi connectivity index (χ4n) is 2.67. The first-order valence-corrected chi connectivity index (χ1v) is 7.54. The fourth-order valence-corrected chi connectivity index (χ4v) is 2.67. The lowest BCUT2D eigenvalue weighted by atomic mass is 9.92. The highest BCUT2D eigenvalue weighted by Gasteiger charge is 2.06. The fraction of sp³-hybridized carbons (Fsp3) is 0.647. The Morgan fingerprint density at radius 1 is 0.889 bits per heavy atom. The summed E-state index contributed by atoms with van der Waals surface area (Å²) in [5, 5.41) is 9.22. The van der Waals surface area contributed by atoms with Gasteiger partial charge in [-0.3, -0.25) is 0 Å². The molecule has 0 atom stereocenters. The highest BCUT2D eigenvalue weighted by molar-refractivity contribution is 5.25. The number of rotatable bonds is 9. The molecule has 0 heterocycles. The Hall–Kier alpha value is -0.980. The number of aromatic hydroxyl groups is 1. The lowest BCUT2D eigenvalue weighted by molar-refractivity contribution is 0.395. The molecule has 0 radical (unpaired) electrons. The molecule has 1 heteroatoms. The molecule has 1 rings (SSSR count). The Morgan fingerprint density at radius 3 is 2.06 bits per heavy atom. The van der Waals surface area contributed by atoms with Gasteiger partial charge in [0.1, 0.15) is 5.75 Å². The minimum atomic E-state index is 0.365. The van der Waals surface area contributed by atoms with Gasteiger partial charge < -0.3 is 5.11 Å². The van der Waals surface area contributed by atoms with Crippen LogP contribution in [0.3, 0.4) is 0 Å². The average molecular weight is 248 g/mol. The summed E-state index contributed by atoms with van der Waals surface area (Å²) in [6, 6.07) is 7.63. The van der Waals surface area contributed by atoms with E-state index in [2.05, 4.69) is 13.8 Å². The largest absolute Gasteiger partial charge is 0.508 e. The van der Waals surface area contributed by atoms with E-state index in [4.69, 9.17) is 0 Å². The number of phenolic OH excluding ortho intramolecular Hbond substituents is 1. The Balaban J connectivity index is 2.18. The molecule has 1 nitrogen and oxygen atoms in total. The van der Waals surface area contributed by atoms with Gasteiger partial charge in [-0.2, -0.15) is 0 Å². The predicted molar refractivity (Wildman–Crippen MR) is 79.0 cm³/mol. The van der Waals surface area contributed by atoms with Gasteiger partial charge in [0.2, 0.25) is 0 Å². The van der Waals surface area contributed by atoms with Gasteiger partial charge in [-0.15, -0.1) is 0 Å². The van der Waals surface area contributed by atoms with E-state index in [1.165, 1.54) is 50.5 Å². The smallest absolute Gasteiger partial charge is 0.115 e. The molecule has 0 aliphatic rings. The third-order valence-corrected chi connectivity index (χ3v) is 3.66. The molecular formula is C17H28O. The van der Waals surface area contributed by atoms with E-state index in [1.54, 1.807) is 12.1 Å². The molecule has 0 fully saturated rings. The summed E-state index contributed by atoms with van der Waals surface area (Å²) in [4.78, 5) is 0. The molecule has 0 aromatic heterocycles. The van der Waals surface area contributed by atoms with Crippen LogP contribution in [-0.2, 0) is 6.42 Å². The van der Waals surface area contributed by atoms with Crippen molar-refractivity contribution in [3.05, 3.63) is 29.8 Å². The van der Waals surface area contributed by atoms with Crippen LogP contribution in [0.2, 0.25) is 0 Å². The van der Waals surface area contributed by atoms with Crippen LogP contribution in [-0.4, -0.2) is 5.11 Å². The molecule has 0 aliphatic carbocycles. The summed E-state index contributed by atoms with van der Waals surface area (Å²) in [6.07, 6.45) is 10.6. The molecule has 0 aliphatic heterocycles. The van der Waals surface area contributed by atoms with Crippen LogP contribution < -0.4 is 0 Å². The molecule has 0 saturated carbocycles. The number of hydrogen-bond donors (Lipinski definition) is 1. The van der Waals surface area contributed by atoms with Gasteiger partial charge in [0.05, 0.1) is 0 Å². The Morgan fingerprint density at radius 2 is 1.50 bits per heavy atom. The van der Waals surface area contributed by atoms with E-state index in [1.807, 2.05) is 12.1 Å². The topological polar surface area (TPSA) is 20.2 Å². The average Bonchev–Trinajstić information content (AvgIpc) is 2.37. The van der Waals surface area contributed by atoms with Gasteiger partial charge in [-0.05, 0) is 36.5 Å². The first-order valence-electron chi connectivity index (χ1n) is 7.54. The number of unbranched alkanes of at least 4 members (excludes halogenated alkanes) is 1. The molecule has 0 saturated heterocycles. The van der Waals surface area contributed by atoms with Gasteiger partial charge in [0.25, 0.3) is 0 Å². The highest BCUT2D eigenvalue weighted by atomic mass is 16.3. The van der Waals surface area contributed by atoms with Gasteiger partial charge in [-0.25, -0.2) is 0 Å². The molecule has 18 heavy (non-hydrogen) atoms. The second kappa shape index (κ2) is 9.02. The molecule has 0 unspecified atom stereocenters. The van der Waals surface area contributed by atoms with Crippen LogP contribution in [0.4, 0.5) is 0 Å². The van der Waals surface area contributed by atoms with Crippen molar-refractivity contribution in [1.82, 2.24) is 0 Å². The Kier molecular flexibility index (Phi) is 7.55. The quantitative estimate of drug-likeness (QED) is 0.586. The van der Waals surface area contributed by atoms with E-state index >= 15 is 0 Å². The molecule has 1 N–H and O–H groups in total. The van der Waals surface area contributed by atoms with Crippen molar-refractivity contribution >= 4 is 0 Å². The molecule has 102 valence electrons. The van der Waals surface area contributed by atoms with Crippen LogP contribution in [0.25, 0.3) is 0 Å². The summed E-state index contributed by atoms with van der Waals surface area (Å²) in [6.45, 7) is 4.58. The van der Waals surface area contributed by atoms with Crippen molar-refractivity contribution < 1.29 is 5.11 Å². The van der Waals surface area contributed by atoms with Crippen molar-refractivity contribution in [2.24, 2.45) is 5.92 Å². The predicted octanol–water partition coefficient (Wildman–Crippen LogP) is 5.32. The minimum Gasteiger partial charge on any atom is -0.508 e. The van der Waals surface area contributed by atoms with Gasteiger partial charge in [0.15, 0.2) is 0 Å². The van der Waals surface area contributed by atoms with Crippen LogP contribution in [0.15, 0.2) is 24.3 Å². The zero-order chi connectivity index (χ0) is 13.2. The maximum absolute atomic E-state index is 9.22. The lowest BCUT2D eigenvalue weighted by Crippen LogP contribution is -2.00. The maximum Gasteiger partial charge on any atom is 0.115 e. The molecule has 1 aromatic carbocycles. The van der Waals surface area contributed by atoms with E-state index in [-0.39, 0.29) is 0 Å². The highest BCUT2D eigenvalue weighted by Crippen LogP contribution is 2.21. The van der Waals surface area contributed by atoms with Gasteiger partial charge in [-0.1, -0.05) is 64.5 Å². The summed E-state index contributed by atoms with van der Waals surface area (Å²) in [5.41, 5.74) is 1.34. The summed E-state index contributed by atoms with van der Waals surface area (Å²) < 4.78 is 0. The Labute approximate surface area is 112 Å². The molecule has 0 bridgehead atoms. The molecule has 1 aromatic rings. The number of hydrogen-bond acceptors (Lipinski definition) is 1. The van der Waals surface area contributed by atoms with E-state index < -0.39 is 0 Å². The second-order valence-electron chi connectivity index (χ2n) is 5.36. The zero-order valence-electron chi connectivity index (χ0n) is 12.0. The third-order valence-electron chi connectivity index (χ3n) is 3.66. The van der Waals surface area contributed by atoms with E-state index in [0.29, 0.717) is 5.75 Å². The number of benzene rings is 1. The number of phenols is 1. The molecule has 0 amide bonds. The molecular weight excluding hydrogens is 220 g/mol. The van der Waals surface area contributed by atoms with Crippen molar-refractivity contribution in [3.8, 4) is 5.75 Å². The van der Waals surface area contributed by atoms with E-state index in [0.717, 1.165) is 12.3 Å². The standard InChI is InChI=1S/C17H28O/c1-3-7-15(8-4-2)9-5-6-10-16-11-13-17(18)14-12-16/h11-15,18H,3-10H2,1-2H3. The van der Waals surface area contributed by atoms with Crippen molar-refractivity contribution in [2.75, 3.05) is 0 Å². The van der Waals surface area contributed by atoms with Crippen LogP contribution in [0.5, 0.6) is 5.75 Å². The number of aryl methyl sites for hydroxylation is 1. The zero-order valence-corrected chi connectivity index (χ0v) is 12.0. The van der Waals surface area contributed by atoms with E-state index in [9.17, 15) is 5.11 Å². The van der Waals surface area contributed by atoms with Gasteiger partial charge in [0, 0.05) is 0 Å². The minimum absolute atomic E-state index is 0.365. The molecule has 0 spiro atoms. The van der Waals surface area contributed by atoms with Crippen LogP contribution in [0, 0.1) is 5.92 Å². The van der Waals surface area contributed by atoms with Crippen molar-refractivity contribution in [1.29, 1.82) is 0 Å². The first kappa shape index (κ1) is 15.1. The summed E-state index contributed by atoms with van der Waals surface area (Å²) in [5.74, 6) is 1.31. The lowest BCUT2D eigenvalue weighted by Gasteiger charge is -2.14. The normalized spacial score (nSPS) is 11.1. The van der Waals surface area contributed by atoms with Crippen LogP contribution in [0.1, 0.15) is 64.4 Å². The third kappa shape index (κ3) is 6.09. The van der Waals surface area contributed by atoms with Crippen LogP contribution >= 0.6 is 0 Å². The van der Waals surface area contributed by atoms with Gasteiger partial charge >= 0.3 is 0 Å². The monoisotopic (exact) mass is 248 g/mol. The van der Waals surface area contributed by atoms with Crippen molar-refractivity contribution in [3.63, 3.8) is 0 Å². The second-order valence-corrected chi connectivity index (χ2v) is 5.36. The SMILES string of the molecule is CCCC(CCC)CCCCc1ccc(O)cc1. The first-order chi connectivity index (χ1) is 8.76. The Bertz CT molecular complexity index is 296.